The van der Waals surface area contributed by atoms with Crippen molar-refractivity contribution in [3.8, 4) is 5.75 Å². The molecule has 0 aromatic heterocycles. The molecule has 0 spiro atoms. The molecule has 21 heavy (non-hydrogen) atoms. The normalized spacial score (nSPS) is 10.2. The van der Waals surface area contributed by atoms with E-state index >= 15 is 0 Å². The van der Waals surface area contributed by atoms with Crippen LogP contribution in [0.15, 0.2) is 42.5 Å². The van der Waals surface area contributed by atoms with Gasteiger partial charge in [0.05, 0.1) is 13.0 Å². The van der Waals surface area contributed by atoms with Crippen LogP contribution in [0.4, 0.5) is 5.69 Å². The highest BCUT2D eigenvalue weighted by molar-refractivity contribution is 6.30. The maximum absolute atomic E-state index is 11.8. The first-order valence-corrected chi connectivity index (χ1v) is 7.17. The van der Waals surface area contributed by atoms with Gasteiger partial charge in [0.25, 0.3) is 0 Å². The second-order valence-corrected chi connectivity index (χ2v) is 5.41. The number of benzene rings is 2. The summed E-state index contributed by atoms with van der Waals surface area (Å²) in [6.45, 7) is 4.39. The molecule has 0 atom stereocenters. The minimum absolute atomic E-state index is 0.0818. The Morgan fingerprint density at radius 2 is 1.71 bits per heavy atom. The Morgan fingerprint density at radius 1 is 1.10 bits per heavy atom. The highest BCUT2D eigenvalue weighted by Gasteiger charge is 2.04. The molecule has 1 N–H and O–H groups in total. The standard InChI is InChI=1S/C17H18ClNO2/c1-12-9-13(2)11-16(10-12)21-8-7-17(20)19-15-5-3-14(18)4-6-15/h3-6,9-11H,7-8H2,1-2H3,(H,19,20). The SMILES string of the molecule is Cc1cc(C)cc(OCCC(=O)Nc2ccc(Cl)cc2)c1. The maximum atomic E-state index is 11.8. The van der Waals surface area contributed by atoms with E-state index in [0.29, 0.717) is 18.1 Å². The predicted molar refractivity (Wildman–Crippen MR) is 86.1 cm³/mol. The number of aryl methyl sites for hydroxylation is 2. The van der Waals surface area contributed by atoms with Gasteiger partial charge in [-0.1, -0.05) is 17.7 Å². The van der Waals surface area contributed by atoms with Crippen molar-refractivity contribution >= 4 is 23.2 Å². The molecular weight excluding hydrogens is 286 g/mol. The van der Waals surface area contributed by atoms with Crippen LogP contribution in [0, 0.1) is 13.8 Å². The van der Waals surface area contributed by atoms with Gasteiger partial charge in [-0.25, -0.2) is 0 Å². The van der Waals surface area contributed by atoms with E-state index in [4.69, 9.17) is 16.3 Å². The van der Waals surface area contributed by atoms with Gasteiger partial charge in [-0.15, -0.1) is 0 Å². The number of halogens is 1. The molecular formula is C17H18ClNO2. The number of rotatable bonds is 5. The van der Waals surface area contributed by atoms with Crippen molar-refractivity contribution in [2.45, 2.75) is 20.3 Å². The minimum atomic E-state index is -0.0818. The van der Waals surface area contributed by atoms with Crippen molar-refractivity contribution in [1.82, 2.24) is 0 Å². The first kappa shape index (κ1) is 15.4. The number of hydrogen-bond donors (Lipinski definition) is 1. The third-order valence-corrected chi connectivity index (χ3v) is 3.17. The molecule has 0 aliphatic carbocycles. The number of ether oxygens (including phenoxy) is 1. The number of carbonyl (C=O) groups is 1. The fourth-order valence-electron chi connectivity index (χ4n) is 2.03. The van der Waals surface area contributed by atoms with Crippen molar-refractivity contribution in [3.63, 3.8) is 0 Å². The molecule has 2 rings (SSSR count). The van der Waals surface area contributed by atoms with Crippen LogP contribution >= 0.6 is 11.6 Å². The summed E-state index contributed by atoms with van der Waals surface area (Å²) in [5, 5.41) is 3.45. The zero-order chi connectivity index (χ0) is 15.2. The molecule has 0 unspecified atom stereocenters. The smallest absolute Gasteiger partial charge is 0.227 e. The van der Waals surface area contributed by atoms with E-state index in [0.717, 1.165) is 22.6 Å². The van der Waals surface area contributed by atoms with E-state index in [9.17, 15) is 4.79 Å². The summed E-state index contributed by atoms with van der Waals surface area (Å²) in [6, 6.07) is 13.0. The van der Waals surface area contributed by atoms with Crippen molar-refractivity contribution in [3.05, 3.63) is 58.6 Å². The van der Waals surface area contributed by atoms with Crippen LogP contribution in [0.5, 0.6) is 5.75 Å². The van der Waals surface area contributed by atoms with Gasteiger partial charge in [0, 0.05) is 10.7 Å². The molecule has 0 aliphatic heterocycles. The van der Waals surface area contributed by atoms with Crippen LogP contribution < -0.4 is 10.1 Å². The molecule has 2 aromatic carbocycles. The van der Waals surface area contributed by atoms with E-state index in [-0.39, 0.29) is 5.91 Å². The Bertz CT molecular complexity index is 603. The van der Waals surface area contributed by atoms with E-state index in [1.807, 2.05) is 26.0 Å². The van der Waals surface area contributed by atoms with E-state index < -0.39 is 0 Å². The first-order chi connectivity index (χ1) is 10.0. The second-order valence-electron chi connectivity index (χ2n) is 4.98. The predicted octanol–water partition coefficient (Wildman–Crippen LogP) is 4.36. The number of nitrogens with one attached hydrogen (secondary N) is 1. The van der Waals surface area contributed by atoms with Gasteiger partial charge in [0.1, 0.15) is 5.75 Å². The fourth-order valence-corrected chi connectivity index (χ4v) is 2.16. The van der Waals surface area contributed by atoms with Gasteiger partial charge in [-0.2, -0.15) is 0 Å². The van der Waals surface area contributed by atoms with E-state index in [1.165, 1.54) is 0 Å². The van der Waals surface area contributed by atoms with Crippen LogP contribution in [0.1, 0.15) is 17.5 Å². The van der Waals surface area contributed by atoms with Crippen molar-refractivity contribution in [1.29, 1.82) is 0 Å². The molecule has 0 radical (unpaired) electrons. The van der Waals surface area contributed by atoms with Crippen LogP contribution in [-0.4, -0.2) is 12.5 Å². The average molecular weight is 304 g/mol. The molecule has 0 aliphatic rings. The molecule has 4 heteroatoms. The van der Waals surface area contributed by atoms with Crippen LogP contribution in [0.3, 0.4) is 0 Å². The molecule has 0 saturated heterocycles. The van der Waals surface area contributed by atoms with Crippen LogP contribution in [-0.2, 0) is 4.79 Å². The topological polar surface area (TPSA) is 38.3 Å². The Balaban J connectivity index is 1.80. The zero-order valence-electron chi connectivity index (χ0n) is 12.2. The van der Waals surface area contributed by atoms with Crippen LogP contribution in [0.2, 0.25) is 5.02 Å². The minimum Gasteiger partial charge on any atom is -0.493 e. The zero-order valence-corrected chi connectivity index (χ0v) is 12.9. The lowest BCUT2D eigenvalue weighted by Crippen LogP contribution is -2.15. The fraction of sp³-hybridized carbons (Fsp3) is 0.235. The van der Waals surface area contributed by atoms with Gasteiger partial charge >= 0.3 is 0 Å². The molecule has 110 valence electrons. The third kappa shape index (κ3) is 5.12. The third-order valence-electron chi connectivity index (χ3n) is 2.92. The number of hydrogen-bond acceptors (Lipinski definition) is 2. The Kier molecular flexibility index (Phi) is 5.23. The molecule has 0 heterocycles. The number of amides is 1. The van der Waals surface area contributed by atoms with Crippen molar-refractivity contribution < 1.29 is 9.53 Å². The van der Waals surface area contributed by atoms with Crippen LogP contribution in [0.25, 0.3) is 0 Å². The summed E-state index contributed by atoms with van der Waals surface area (Å²) in [6.07, 6.45) is 0.301. The van der Waals surface area contributed by atoms with Crippen molar-refractivity contribution in [2.24, 2.45) is 0 Å². The molecule has 1 amide bonds. The lowest BCUT2D eigenvalue weighted by atomic mass is 10.1. The number of anilines is 1. The largest absolute Gasteiger partial charge is 0.493 e. The Labute approximate surface area is 129 Å². The quantitative estimate of drug-likeness (QED) is 0.891. The van der Waals surface area contributed by atoms with E-state index in [1.54, 1.807) is 24.3 Å². The summed E-state index contributed by atoms with van der Waals surface area (Å²) in [5.41, 5.74) is 3.03. The molecule has 0 bridgehead atoms. The summed E-state index contributed by atoms with van der Waals surface area (Å²) in [5.74, 6) is 0.716. The lowest BCUT2D eigenvalue weighted by Gasteiger charge is -2.09. The Morgan fingerprint density at radius 3 is 2.33 bits per heavy atom. The molecule has 2 aromatic rings. The average Bonchev–Trinajstić information content (AvgIpc) is 2.40. The lowest BCUT2D eigenvalue weighted by molar-refractivity contribution is -0.116. The van der Waals surface area contributed by atoms with Gasteiger partial charge in [-0.3, -0.25) is 4.79 Å². The number of carbonyl (C=O) groups excluding carboxylic acids is 1. The summed E-state index contributed by atoms with van der Waals surface area (Å²) in [4.78, 5) is 11.8. The summed E-state index contributed by atoms with van der Waals surface area (Å²) < 4.78 is 5.61. The van der Waals surface area contributed by atoms with Gasteiger partial charge in [0.15, 0.2) is 0 Å². The second kappa shape index (κ2) is 7.14. The highest BCUT2D eigenvalue weighted by atomic mass is 35.5. The van der Waals surface area contributed by atoms with Gasteiger partial charge < -0.3 is 10.1 Å². The first-order valence-electron chi connectivity index (χ1n) is 6.79. The maximum Gasteiger partial charge on any atom is 0.227 e. The van der Waals surface area contributed by atoms with Crippen molar-refractivity contribution in [2.75, 3.05) is 11.9 Å². The summed E-state index contributed by atoms with van der Waals surface area (Å²) >= 11 is 5.79. The molecule has 0 fully saturated rings. The van der Waals surface area contributed by atoms with Gasteiger partial charge in [0.2, 0.25) is 5.91 Å². The Hall–Kier alpha value is -2.00. The monoisotopic (exact) mass is 303 g/mol. The molecule has 0 saturated carbocycles. The van der Waals surface area contributed by atoms with Gasteiger partial charge in [-0.05, 0) is 61.4 Å². The van der Waals surface area contributed by atoms with E-state index in [2.05, 4.69) is 11.4 Å². The summed E-state index contributed by atoms with van der Waals surface area (Å²) in [7, 11) is 0. The highest BCUT2D eigenvalue weighted by Crippen LogP contribution is 2.17. The molecule has 3 nitrogen and oxygen atoms in total.